The van der Waals surface area contributed by atoms with Crippen molar-refractivity contribution in [1.82, 2.24) is 5.32 Å². The number of non-ortho nitro benzene ring substituents is 1. The van der Waals surface area contributed by atoms with Gasteiger partial charge in [0.25, 0.3) is 5.69 Å². The number of benzene rings is 1. The van der Waals surface area contributed by atoms with Gasteiger partial charge in [0, 0.05) is 6.07 Å². The normalized spacial score (nSPS) is 13.3. The number of hydrogen-bond acceptors (Lipinski definition) is 5. The fourth-order valence-electron chi connectivity index (χ4n) is 1.47. The second-order valence-electron chi connectivity index (χ2n) is 4.53. The molecule has 6 nitrogen and oxygen atoms in total. The lowest BCUT2D eigenvalue weighted by molar-refractivity contribution is -0.385. The Morgan fingerprint density at radius 1 is 1.60 bits per heavy atom. The summed E-state index contributed by atoms with van der Waals surface area (Å²) in [6, 6.07) is 5.20. The second-order valence-corrected chi connectivity index (χ2v) is 4.53. The molecule has 108 valence electrons. The van der Waals surface area contributed by atoms with E-state index in [1.807, 2.05) is 6.92 Å². The average molecular weight is 281 g/mol. The molecule has 0 aliphatic heterocycles. The molecule has 0 aromatic heterocycles. The van der Waals surface area contributed by atoms with Crippen LogP contribution < -0.4 is 10.1 Å². The summed E-state index contributed by atoms with van der Waals surface area (Å²) in [5.41, 5.74) is -1.29. The number of nitriles is 1. The molecule has 0 radical (unpaired) electrons. The van der Waals surface area contributed by atoms with Gasteiger partial charge in [-0.15, -0.1) is 0 Å². The Bertz CT molecular complexity index is 530. The zero-order valence-electron chi connectivity index (χ0n) is 11.4. The summed E-state index contributed by atoms with van der Waals surface area (Å²) < 4.78 is 18.9. The van der Waals surface area contributed by atoms with Crippen molar-refractivity contribution >= 4 is 5.69 Å². The van der Waals surface area contributed by atoms with Crippen molar-refractivity contribution in [2.45, 2.75) is 25.8 Å². The van der Waals surface area contributed by atoms with Gasteiger partial charge < -0.3 is 4.74 Å². The summed E-state index contributed by atoms with van der Waals surface area (Å²) >= 11 is 0. The quantitative estimate of drug-likeness (QED) is 0.612. The molecule has 0 saturated heterocycles. The van der Waals surface area contributed by atoms with Crippen LogP contribution in [0.15, 0.2) is 18.2 Å². The monoisotopic (exact) mass is 281 g/mol. The maximum atomic E-state index is 13.6. The molecule has 20 heavy (non-hydrogen) atoms. The van der Waals surface area contributed by atoms with E-state index in [1.165, 1.54) is 6.07 Å². The molecule has 1 aromatic rings. The van der Waals surface area contributed by atoms with Crippen LogP contribution in [0, 0.1) is 27.3 Å². The SMILES string of the molecule is CCCNC(C)(C#N)COc1ccc([N+](=O)[O-])cc1F. The van der Waals surface area contributed by atoms with E-state index in [-0.39, 0.29) is 18.0 Å². The summed E-state index contributed by atoms with van der Waals surface area (Å²) in [6.07, 6.45) is 0.850. The number of nitrogens with zero attached hydrogens (tertiary/aromatic N) is 2. The van der Waals surface area contributed by atoms with Crippen molar-refractivity contribution in [2.24, 2.45) is 0 Å². The molecule has 1 rings (SSSR count). The Kier molecular flexibility index (Phi) is 5.41. The number of ether oxygens (including phenoxy) is 1. The third-order valence-corrected chi connectivity index (χ3v) is 2.65. The average Bonchev–Trinajstić information content (AvgIpc) is 2.43. The van der Waals surface area contributed by atoms with Gasteiger partial charge >= 0.3 is 0 Å². The van der Waals surface area contributed by atoms with Gasteiger partial charge in [0.2, 0.25) is 0 Å². The molecule has 0 spiro atoms. The van der Waals surface area contributed by atoms with E-state index in [4.69, 9.17) is 10.00 Å². The number of nitro groups is 1. The predicted molar refractivity (Wildman–Crippen MR) is 70.9 cm³/mol. The summed E-state index contributed by atoms with van der Waals surface area (Å²) in [6.45, 7) is 4.18. The Morgan fingerprint density at radius 2 is 2.30 bits per heavy atom. The fraction of sp³-hybridized carbons (Fsp3) is 0.462. The van der Waals surface area contributed by atoms with Gasteiger partial charge in [-0.05, 0) is 26.0 Å². The van der Waals surface area contributed by atoms with Crippen LogP contribution in [0.2, 0.25) is 0 Å². The summed E-state index contributed by atoms with van der Waals surface area (Å²) in [4.78, 5) is 9.81. The van der Waals surface area contributed by atoms with Crippen LogP contribution in [0.1, 0.15) is 20.3 Å². The molecule has 0 saturated carbocycles. The molecule has 0 aliphatic rings. The third kappa shape index (κ3) is 4.17. The molecule has 7 heteroatoms. The maximum absolute atomic E-state index is 13.6. The van der Waals surface area contributed by atoms with Gasteiger partial charge in [-0.25, -0.2) is 4.39 Å². The maximum Gasteiger partial charge on any atom is 0.272 e. The molecule has 0 bridgehead atoms. The Morgan fingerprint density at radius 3 is 2.80 bits per heavy atom. The molecule has 0 fully saturated rings. The van der Waals surface area contributed by atoms with Crippen LogP contribution >= 0.6 is 0 Å². The molecule has 1 aromatic carbocycles. The highest BCUT2D eigenvalue weighted by atomic mass is 19.1. The first-order valence-electron chi connectivity index (χ1n) is 6.15. The van der Waals surface area contributed by atoms with Gasteiger partial charge in [0.1, 0.15) is 12.1 Å². The van der Waals surface area contributed by atoms with E-state index < -0.39 is 16.3 Å². The second kappa shape index (κ2) is 6.82. The zero-order valence-corrected chi connectivity index (χ0v) is 11.4. The summed E-state index contributed by atoms with van der Waals surface area (Å²) in [5.74, 6) is -0.939. The molecule has 0 heterocycles. The van der Waals surface area contributed by atoms with E-state index in [2.05, 4.69) is 11.4 Å². The summed E-state index contributed by atoms with van der Waals surface area (Å²) in [5, 5.41) is 22.6. The minimum Gasteiger partial charge on any atom is -0.487 e. The van der Waals surface area contributed by atoms with E-state index in [9.17, 15) is 14.5 Å². The lowest BCUT2D eigenvalue weighted by Crippen LogP contribution is -2.46. The Balaban J connectivity index is 2.74. The van der Waals surface area contributed by atoms with Gasteiger partial charge in [-0.1, -0.05) is 6.92 Å². The molecule has 1 N–H and O–H groups in total. The molecule has 0 amide bonds. The lowest BCUT2D eigenvalue weighted by Gasteiger charge is -2.23. The first-order chi connectivity index (χ1) is 9.41. The van der Waals surface area contributed by atoms with E-state index in [0.717, 1.165) is 18.6 Å². The Hall–Kier alpha value is -2.20. The highest BCUT2D eigenvalue weighted by Crippen LogP contribution is 2.23. The Labute approximate surface area is 116 Å². The number of rotatable bonds is 7. The van der Waals surface area contributed by atoms with Crippen molar-refractivity contribution in [2.75, 3.05) is 13.2 Å². The van der Waals surface area contributed by atoms with Gasteiger partial charge in [-0.2, -0.15) is 5.26 Å². The van der Waals surface area contributed by atoms with Gasteiger partial charge in [0.15, 0.2) is 11.6 Å². The van der Waals surface area contributed by atoms with Crippen molar-refractivity contribution < 1.29 is 14.1 Å². The number of halogens is 1. The summed E-state index contributed by atoms with van der Waals surface area (Å²) in [7, 11) is 0. The van der Waals surface area contributed by atoms with E-state index in [1.54, 1.807) is 6.92 Å². The number of nitro benzene ring substituents is 1. The van der Waals surface area contributed by atoms with E-state index in [0.29, 0.717) is 6.54 Å². The van der Waals surface area contributed by atoms with Gasteiger partial charge in [-0.3, -0.25) is 15.4 Å². The van der Waals surface area contributed by atoms with Crippen molar-refractivity contribution in [3.05, 3.63) is 34.1 Å². The van der Waals surface area contributed by atoms with Crippen LogP contribution in [0.5, 0.6) is 5.75 Å². The minimum absolute atomic E-state index is 0.0573. The first-order valence-corrected chi connectivity index (χ1v) is 6.15. The zero-order chi connectivity index (χ0) is 15.2. The van der Waals surface area contributed by atoms with Crippen molar-refractivity contribution in [3.8, 4) is 11.8 Å². The largest absolute Gasteiger partial charge is 0.487 e. The van der Waals surface area contributed by atoms with Crippen LogP contribution in [0.4, 0.5) is 10.1 Å². The predicted octanol–water partition coefficient (Wildman–Crippen LogP) is 2.39. The molecule has 0 aliphatic carbocycles. The minimum atomic E-state index is -0.940. The van der Waals surface area contributed by atoms with Gasteiger partial charge in [0.05, 0.1) is 17.1 Å². The van der Waals surface area contributed by atoms with Crippen molar-refractivity contribution in [3.63, 3.8) is 0 Å². The van der Waals surface area contributed by atoms with Crippen LogP contribution in [0.25, 0.3) is 0 Å². The van der Waals surface area contributed by atoms with Crippen LogP contribution in [-0.2, 0) is 0 Å². The topological polar surface area (TPSA) is 88.2 Å². The first kappa shape index (κ1) is 15.9. The standard InChI is InChI=1S/C13H16FN3O3/c1-3-6-16-13(2,8-15)9-20-12-5-4-10(17(18)19)7-11(12)14/h4-5,7,16H,3,6,9H2,1-2H3. The lowest BCUT2D eigenvalue weighted by atomic mass is 10.1. The van der Waals surface area contributed by atoms with Crippen LogP contribution in [-0.4, -0.2) is 23.6 Å². The van der Waals surface area contributed by atoms with Crippen LogP contribution in [0.3, 0.4) is 0 Å². The highest BCUT2D eigenvalue weighted by molar-refractivity contribution is 5.37. The molecular formula is C13H16FN3O3. The highest BCUT2D eigenvalue weighted by Gasteiger charge is 2.24. The fourth-order valence-corrected chi connectivity index (χ4v) is 1.47. The third-order valence-electron chi connectivity index (χ3n) is 2.65. The molecule has 1 unspecified atom stereocenters. The number of nitrogens with one attached hydrogen (secondary N) is 1. The molecular weight excluding hydrogens is 265 g/mol. The van der Waals surface area contributed by atoms with E-state index >= 15 is 0 Å². The molecule has 1 atom stereocenters. The van der Waals surface area contributed by atoms with Crippen molar-refractivity contribution in [1.29, 1.82) is 5.26 Å². The number of hydrogen-bond donors (Lipinski definition) is 1. The smallest absolute Gasteiger partial charge is 0.272 e.